The molecule has 3 atom stereocenters. The molecule has 0 aliphatic heterocycles. The standard InChI is InChI=1S/C12H26N2O/c1-10(9-14(2)3)13-11-7-5-4-6-8-12(11)15/h10-13,15H,4-9H2,1-3H3. The molecule has 1 fully saturated rings. The Morgan fingerprint density at radius 2 is 1.93 bits per heavy atom. The smallest absolute Gasteiger partial charge is 0.0693 e. The Kier molecular flexibility index (Phi) is 5.58. The van der Waals surface area contributed by atoms with Crippen LogP contribution >= 0.6 is 0 Å². The van der Waals surface area contributed by atoms with Gasteiger partial charge in [-0.2, -0.15) is 0 Å². The van der Waals surface area contributed by atoms with Crippen LogP contribution in [0, 0.1) is 0 Å². The number of nitrogens with zero attached hydrogens (tertiary/aromatic N) is 1. The molecule has 1 rings (SSSR count). The number of hydrogen-bond donors (Lipinski definition) is 2. The molecular formula is C12H26N2O. The lowest BCUT2D eigenvalue weighted by Gasteiger charge is -2.27. The first-order chi connectivity index (χ1) is 7.09. The van der Waals surface area contributed by atoms with E-state index in [2.05, 4.69) is 31.2 Å². The first-order valence-corrected chi connectivity index (χ1v) is 6.18. The Bertz CT molecular complexity index is 173. The van der Waals surface area contributed by atoms with Crippen molar-refractivity contribution < 1.29 is 5.11 Å². The molecule has 2 N–H and O–H groups in total. The van der Waals surface area contributed by atoms with Gasteiger partial charge in [0.25, 0.3) is 0 Å². The van der Waals surface area contributed by atoms with Gasteiger partial charge >= 0.3 is 0 Å². The minimum atomic E-state index is -0.142. The summed E-state index contributed by atoms with van der Waals surface area (Å²) in [6.07, 6.45) is 5.66. The van der Waals surface area contributed by atoms with Crippen molar-refractivity contribution in [1.82, 2.24) is 10.2 Å². The van der Waals surface area contributed by atoms with E-state index >= 15 is 0 Å². The third kappa shape index (κ3) is 4.96. The average molecular weight is 214 g/mol. The summed E-state index contributed by atoms with van der Waals surface area (Å²) in [4.78, 5) is 2.18. The highest BCUT2D eigenvalue weighted by Crippen LogP contribution is 2.18. The summed E-state index contributed by atoms with van der Waals surface area (Å²) in [5, 5.41) is 13.5. The van der Waals surface area contributed by atoms with Crippen molar-refractivity contribution in [3.8, 4) is 0 Å². The van der Waals surface area contributed by atoms with E-state index in [1.54, 1.807) is 0 Å². The van der Waals surface area contributed by atoms with Gasteiger partial charge in [0.05, 0.1) is 6.10 Å². The second-order valence-electron chi connectivity index (χ2n) is 5.14. The van der Waals surface area contributed by atoms with Gasteiger partial charge in [-0.1, -0.05) is 19.3 Å². The van der Waals surface area contributed by atoms with Crippen LogP contribution in [0.1, 0.15) is 39.0 Å². The molecule has 1 aliphatic rings. The average Bonchev–Trinajstić information content (AvgIpc) is 2.30. The molecule has 0 spiro atoms. The number of nitrogens with one attached hydrogen (secondary N) is 1. The summed E-state index contributed by atoms with van der Waals surface area (Å²) in [5.74, 6) is 0. The van der Waals surface area contributed by atoms with Crippen molar-refractivity contribution in [3.63, 3.8) is 0 Å². The van der Waals surface area contributed by atoms with Crippen molar-refractivity contribution in [2.24, 2.45) is 0 Å². The molecule has 0 radical (unpaired) electrons. The van der Waals surface area contributed by atoms with Crippen molar-refractivity contribution in [2.45, 2.75) is 57.2 Å². The monoisotopic (exact) mass is 214 g/mol. The Morgan fingerprint density at radius 3 is 2.60 bits per heavy atom. The number of rotatable bonds is 4. The fourth-order valence-electron chi connectivity index (χ4n) is 2.45. The van der Waals surface area contributed by atoms with Gasteiger partial charge in [0, 0.05) is 18.6 Å². The van der Waals surface area contributed by atoms with E-state index in [9.17, 15) is 5.11 Å². The zero-order chi connectivity index (χ0) is 11.3. The van der Waals surface area contributed by atoms with Crippen LogP contribution in [0.2, 0.25) is 0 Å². The first-order valence-electron chi connectivity index (χ1n) is 6.18. The van der Waals surface area contributed by atoms with Gasteiger partial charge in [-0.3, -0.25) is 0 Å². The van der Waals surface area contributed by atoms with E-state index in [1.807, 2.05) is 0 Å². The van der Waals surface area contributed by atoms with Crippen LogP contribution in [0.5, 0.6) is 0 Å². The van der Waals surface area contributed by atoms with Gasteiger partial charge in [0.1, 0.15) is 0 Å². The molecule has 1 saturated carbocycles. The lowest BCUT2D eigenvalue weighted by molar-refractivity contribution is 0.112. The topological polar surface area (TPSA) is 35.5 Å². The molecule has 0 saturated heterocycles. The van der Waals surface area contributed by atoms with Gasteiger partial charge in [-0.15, -0.1) is 0 Å². The Balaban J connectivity index is 2.33. The van der Waals surface area contributed by atoms with Gasteiger partial charge in [-0.05, 0) is 33.9 Å². The van der Waals surface area contributed by atoms with Crippen LogP contribution in [-0.4, -0.2) is 48.8 Å². The lowest BCUT2D eigenvalue weighted by Crippen LogP contribution is -2.47. The largest absolute Gasteiger partial charge is 0.392 e. The molecule has 3 heteroatoms. The van der Waals surface area contributed by atoms with Crippen LogP contribution < -0.4 is 5.32 Å². The zero-order valence-electron chi connectivity index (χ0n) is 10.4. The maximum Gasteiger partial charge on any atom is 0.0693 e. The minimum absolute atomic E-state index is 0.142. The summed E-state index contributed by atoms with van der Waals surface area (Å²) < 4.78 is 0. The number of likely N-dealkylation sites (N-methyl/N-ethyl adjacent to an activating group) is 1. The van der Waals surface area contributed by atoms with Crippen molar-refractivity contribution in [2.75, 3.05) is 20.6 Å². The van der Waals surface area contributed by atoms with Crippen LogP contribution in [0.15, 0.2) is 0 Å². The third-order valence-corrected chi connectivity index (χ3v) is 3.12. The first kappa shape index (κ1) is 12.9. The normalized spacial score (nSPS) is 30.2. The van der Waals surface area contributed by atoms with Crippen LogP contribution in [0.4, 0.5) is 0 Å². The maximum absolute atomic E-state index is 9.96. The van der Waals surface area contributed by atoms with Gasteiger partial charge in [-0.25, -0.2) is 0 Å². The molecule has 0 aromatic heterocycles. The van der Waals surface area contributed by atoms with Gasteiger partial charge in [0.2, 0.25) is 0 Å². The quantitative estimate of drug-likeness (QED) is 0.691. The van der Waals surface area contributed by atoms with Crippen molar-refractivity contribution >= 4 is 0 Å². The summed E-state index contributed by atoms with van der Waals surface area (Å²) in [6, 6.07) is 0.764. The Labute approximate surface area is 93.9 Å². The fraction of sp³-hybridized carbons (Fsp3) is 1.00. The van der Waals surface area contributed by atoms with E-state index in [0.717, 1.165) is 19.4 Å². The Hall–Kier alpha value is -0.120. The highest BCUT2D eigenvalue weighted by atomic mass is 16.3. The van der Waals surface area contributed by atoms with Crippen molar-refractivity contribution in [1.29, 1.82) is 0 Å². The Morgan fingerprint density at radius 1 is 1.27 bits per heavy atom. The second kappa shape index (κ2) is 6.46. The second-order valence-corrected chi connectivity index (χ2v) is 5.14. The molecule has 0 aromatic carbocycles. The molecule has 0 bridgehead atoms. The molecule has 0 heterocycles. The number of aliphatic hydroxyl groups excluding tert-OH is 1. The molecule has 1 aliphatic carbocycles. The summed E-state index contributed by atoms with van der Waals surface area (Å²) in [5.41, 5.74) is 0. The van der Waals surface area contributed by atoms with Crippen LogP contribution in [0.3, 0.4) is 0 Å². The van der Waals surface area contributed by atoms with E-state index in [1.165, 1.54) is 19.3 Å². The highest BCUT2D eigenvalue weighted by Gasteiger charge is 2.22. The van der Waals surface area contributed by atoms with Crippen LogP contribution in [0.25, 0.3) is 0 Å². The summed E-state index contributed by atoms with van der Waals surface area (Å²) in [7, 11) is 4.17. The SMILES string of the molecule is CC(CN(C)C)NC1CCCCCC1O. The highest BCUT2D eigenvalue weighted by molar-refractivity contribution is 4.81. The molecule has 0 aromatic rings. The molecule has 0 amide bonds. The van der Waals surface area contributed by atoms with Crippen LogP contribution in [-0.2, 0) is 0 Å². The summed E-state index contributed by atoms with van der Waals surface area (Å²) >= 11 is 0. The lowest BCUT2D eigenvalue weighted by atomic mass is 10.1. The fourth-order valence-corrected chi connectivity index (χ4v) is 2.45. The molecule has 15 heavy (non-hydrogen) atoms. The van der Waals surface area contributed by atoms with E-state index in [0.29, 0.717) is 12.1 Å². The maximum atomic E-state index is 9.96. The minimum Gasteiger partial charge on any atom is -0.392 e. The van der Waals surface area contributed by atoms with Gasteiger partial charge in [0.15, 0.2) is 0 Å². The molecular weight excluding hydrogens is 188 g/mol. The van der Waals surface area contributed by atoms with E-state index in [-0.39, 0.29) is 6.10 Å². The molecule has 3 nitrogen and oxygen atoms in total. The zero-order valence-corrected chi connectivity index (χ0v) is 10.4. The number of hydrogen-bond acceptors (Lipinski definition) is 3. The molecule has 90 valence electrons. The van der Waals surface area contributed by atoms with Crippen molar-refractivity contribution in [3.05, 3.63) is 0 Å². The van der Waals surface area contributed by atoms with E-state index < -0.39 is 0 Å². The molecule has 3 unspecified atom stereocenters. The number of aliphatic hydroxyl groups is 1. The summed E-state index contributed by atoms with van der Waals surface area (Å²) in [6.45, 7) is 3.22. The van der Waals surface area contributed by atoms with E-state index in [4.69, 9.17) is 0 Å². The predicted octanol–water partition coefficient (Wildman–Crippen LogP) is 1.22. The van der Waals surface area contributed by atoms with Gasteiger partial charge < -0.3 is 15.3 Å². The third-order valence-electron chi connectivity index (χ3n) is 3.12. The predicted molar refractivity (Wildman–Crippen MR) is 64.0 cm³/mol.